The summed E-state index contributed by atoms with van der Waals surface area (Å²) in [7, 11) is 0. The second-order valence-electron chi connectivity index (χ2n) is 7.73. The minimum absolute atomic E-state index is 0.0229. The van der Waals surface area contributed by atoms with E-state index in [1.807, 2.05) is 0 Å². The van der Waals surface area contributed by atoms with Gasteiger partial charge in [0.05, 0.1) is 13.0 Å². The first-order valence-electron chi connectivity index (χ1n) is 10.2. The van der Waals surface area contributed by atoms with Crippen LogP contribution in [-0.2, 0) is 22.6 Å². The first kappa shape index (κ1) is 20.7. The van der Waals surface area contributed by atoms with Crippen molar-refractivity contribution in [2.75, 3.05) is 10.2 Å². The maximum atomic E-state index is 13.6. The average molecular weight is 420 g/mol. The maximum absolute atomic E-state index is 13.6. The first-order chi connectivity index (χ1) is 15.0. The highest BCUT2D eigenvalue weighted by atomic mass is 19.1. The van der Waals surface area contributed by atoms with Gasteiger partial charge in [0.25, 0.3) is 0 Å². The highest BCUT2D eigenvalue weighted by Gasteiger charge is 2.34. The molecule has 1 aliphatic rings. The smallest absolute Gasteiger partial charge is 0.230 e. The van der Waals surface area contributed by atoms with Gasteiger partial charge in [-0.25, -0.2) is 8.78 Å². The Morgan fingerprint density at radius 3 is 2.23 bits per heavy atom. The van der Waals surface area contributed by atoms with E-state index >= 15 is 0 Å². The molecular weight excluding hydrogens is 398 g/mol. The molecule has 158 valence electrons. The Kier molecular flexibility index (Phi) is 6.07. The molecule has 1 fully saturated rings. The molecule has 1 N–H and O–H groups in total. The van der Waals surface area contributed by atoms with Gasteiger partial charge in [-0.1, -0.05) is 24.3 Å². The lowest BCUT2D eigenvalue weighted by Gasteiger charge is -2.23. The lowest BCUT2D eigenvalue weighted by Crippen LogP contribution is -2.31. The normalized spacial score (nSPS) is 13.0. The summed E-state index contributed by atoms with van der Waals surface area (Å²) in [4.78, 5) is 26.8. The molecule has 0 radical (unpaired) electrons. The number of benzene rings is 3. The summed E-state index contributed by atoms with van der Waals surface area (Å²) >= 11 is 0. The second kappa shape index (κ2) is 9.08. The molecule has 1 saturated carbocycles. The van der Waals surface area contributed by atoms with Gasteiger partial charge in [-0.3, -0.25) is 9.59 Å². The molecule has 3 aromatic carbocycles. The molecule has 0 saturated heterocycles. The van der Waals surface area contributed by atoms with Crippen molar-refractivity contribution in [1.29, 1.82) is 0 Å². The number of hydrogen-bond acceptors (Lipinski definition) is 2. The molecule has 1 aliphatic carbocycles. The molecule has 6 heteroatoms. The molecule has 0 aliphatic heterocycles. The topological polar surface area (TPSA) is 49.4 Å². The maximum Gasteiger partial charge on any atom is 0.230 e. The van der Waals surface area contributed by atoms with Crippen LogP contribution in [0.2, 0.25) is 0 Å². The molecule has 31 heavy (non-hydrogen) atoms. The van der Waals surface area contributed by atoms with Gasteiger partial charge in [-0.05, 0) is 72.5 Å². The zero-order chi connectivity index (χ0) is 21.8. The van der Waals surface area contributed by atoms with E-state index in [0.717, 1.165) is 24.0 Å². The number of anilines is 2. The minimum Gasteiger partial charge on any atom is -0.326 e. The Morgan fingerprint density at radius 1 is 0.871 bits per heavy atom. The van der Waals surface area contributed by atoms with Gasteiger partial charge >= 0.3 is 0 Å². The summed E-state index contributed by atoms with van der Waals surface area (Å²) < 4.78 is 26.6. The quantitative estimate of drug-likeness (QED) is 0.579. The van der Waals surface area contributed by atoms with Crippen LogP contribution < -0.4 is 10.2 Å². The van der Waals surface area contributed by atoms with Crippen LogP contribution in [0, 0.1) is 17.6 Å². The third kappa shape index (κ3) is 5.54. The van der Waals surface area contributed by atoms with Gasteiger partial charge in [0.1, 0.15) is 11.6 Å². The monoisotopic (exact) mass is 420 g/mol. The first-order valence-corrected chi connectivity index (χ1v) is 10.2. The molecular formula is C25H22F2N2O2. The molecule has 0 bridgehead atoms. The predicted molar refractivity (Wildman–Crippen MR) is 115 cm³/mol. The van der Waals surface area contributed by atoms with Crippen LogP contribution in [-0.4, -0.2) is 11.8 Å². The molecule has 0 heterocycles. The standard InChI is InChI=1S/C25H22F2N2O2/c26-20-8-10-22(11-9-20)28-24(30)15-17-4-12-23(13-5-17)29(25(31)19-6-7-19)16-18-2-1-3-21(27)14-18/h1-5,8-14,19H,6-7,15-16H2,(H,28,30). The molecule has 2 amide bonds. The van der Waals surface area contributed by atoms with Crippen molar-refractivity contribution in [3.05, 3.63) is 95.6 Å². The van der Waals surface area contributed by atoms with E-state index in [2.05, 4.69) is 5.32 Å². The number of nitrogens with one attached hydrogen (secondary N) is 1. The largest absolute Gasteiger partial charge is 0.326 e. The SMILES string of the molecule is O=C(Cc1ccc(N(Cc2cccc(F)c2)C(=O)C2CC2)cc1)Nc1ccc(F)cc1. The third-order valence-corrected chi connectivity index (χ3v) is 5.16. The molecule has 4 nitrogen and oxygen atoms in total. The van der Waals surface area contributed by atoms with Crippen LogP contribution in [0.5, 0.6) is 0 Å². The number of amides is 2. The van der Waals surface area contributed by atoms with Crippen molar-refractivity contribution in [2.45, 2.75) is 25.8 Å². The summed E-state index contributed by atoms with van der Waals surface area (Å²) in [5.41, 5.74) is 2.74. The van der Waals surface area contributed by atoms with Crippen molar-refractivity contribution in [3.8, 4) is 0 Å². The van der Waals surface area contributed by atoms with E-state index in [4.69, 9.17) is 0 Å². The lowest BCUT2D eigenvalue weighted by molar-refractivity contribution is -0.120. The predicted octanol–water partition coefficient (Wildman–Crippen LogP) is 5.09. The van der Waals surface area contributed by atoms with E-state index < -0.39 is 0 Å². The number of hydrogen-bond donors (Lipinski definition) is 1. The summed E-state index contributed by atoms with van der Waals surface area (Å²) in [6.07, 6.45) is 1.90. The van der Waals surface area contributed by atoms with Crippen LogP contribution >= 0.6 is 0 Å². The van der Waals surface area contributed by atoms with Gasteiger partial charge in [0.15, 0.2) is 0 Å². The molecule has 3 aromatic rings. The second-order valence-corrected chi connectivity index (χ2v) is 7.73. The van der Waals surface area contributed by atoms with Crippen molar-refractivity contribution in [3.63, 3.8) is 0 Å². The van der Waals surface area contributed by atoms with Gasteiger partial charge in [0.2, 0.25) is 11.8 Å². The molecule has 0 aromatic heterocycles. The van der Waals surface area contributed by atoms with Crippen molar-refractivity contribution in [2.24, 2.45) is 5.92 Å². The fraction of sp³-hybridized carbons (Fsp3) is 0.200. The highest BCUT2D eigenvalue weighted by molar-refractivity contribution is 5.96. The van der Waals surface area contributed by atoms with Crippen molar-refractivity contribution in [1.82, 2.24) is 0 Å². The van der Waals surface area contributed by atoms with Crippen LogP contribution in [0.3, 0.4) is 0 Å². The van der Waals surface area contributed by atoms with E-state index in [1.54, 1.807) is 41.3 Å². The summed E-state index contributed by atoms with van der Waals surface area (Å²) in [6, 6.07) is 19.0. The Labute approximate surface area is 179 Å². The van der Waals surface area contributed by atoms with Crippen LogP contribution in [0.25, 0.3) is 0 Å². The number of halogens is 2. The van der Waals surface area contributed by atoms with E-state index in [9.17, 15) is 18.4 Å². The zero-order valence-electron chi connectivity index (χ0n) is 16.9. The van der Waals surface area contributed by atoms with Gasteiger partial charge in [-0.2, -0.15) is 0 Å². The van der Waals surface area contributed by atoms with Crippen LogP contribution in [0.15, 0.2) is 72.8 Å². The fourth-order valence-corrected chi connectivity index (χ4v) is 3.38. The van der Waals surface area contributed by atoms with Crippen LogP contribution in [0.1, 0.15) is 24.0 Å². The molecule has 0 atom stereocenters. The Bertz CT molecular complexity index is 1080. The average Bonchev–Trinajstić information content (AvgIpc) is 3.59. The minimum atomic E-state index is -0.364. The Hall–Kier alpha value is -3.54. The Morgan fingerprint density at radius 2 is 1.58 bits per heavy atom. The zero-order valence-corrected chi connectivity index (χ0v) is 16.9. The van der Waals surface area contributed by atoms with Gasteiger partial charge < -0.3 is 10.2 Å². The number of nitrogens with zero attached hydrogens (tertiary/aromatic N) is 1. The molecule has 0 spiro atoms. The van der Waals surface area contributed by atoms with E-state index in [0.29, 0.717) is 11.4 Å². The van der Waals surface area contributed by atoms with Crippen molar-refractivity contribution < 1.29 is 18.4 Å². The third-order valence-electron chi connectivity index (χ3n) is 5.16. The fourth-order valence-electron chi connectivity index (χ4n) is 3.38. The lowest BCUT2D eigenvalue weighted by atomic mass is 10.1. The Balaban J connectivity index is 1.45. The van der Waals surface area contributed by atoms with E-state index in [1.165, 1.54) is 36.4 Å². The van der Waals surface area contributed by atoms with Crippen LogP contribution in [0.4, 0.5) is 20.2 Å². The number of carbonyl (C=O) groups excluding carboxylic acids is 2. The highest BCUT2D eigenvalue weighted by Crippen LogP contribution is 2.33. The summed E-state index contributed by atoms with van der Waals surface area (Å²) in [5, 5.41) is 2.73. The van der Waals surface area contributed by atoms with Gasteiger partial charge in [0, 0.05) is 17.3 Å². The molecule has 4 rings (SSSR count). The molecule has 0 unspecified atom stereocenters. The van der Waals surface area contributed by atoms with Gasteiger partial charge in [-0.15, -0.1) is 0 Å². The number of carbonyl (C=O) groups is 2. The number of rotatable bonds is 7. The summed E-state index contributed by atoms with van der Waals surface area (Å²) in [5.74, 6) is -0.859. The summed E-state index contributed by atoms with van der Waals surface area (Å²) in [6.45, 7) is 0.289. The van der Waals surface area contributed by atoms with E-state index in [-0.39, 0.29) is 42.3 Å². The van der Waals surface area contributed by atoms with Crippen molar-refractivity contribution >= 4 is 23.2 Å².